The molecule has 2 aromatic heterocycles. The van der Waals surface area contributed by atoms with Crippen LogP contribution >= 0.6 is 0 Å². The Bertz CT molecular complexity index is 1520. The molecular formula is C27H27F2N7. The van der Waals surface area contributed by atoms with Crippen LogP contribution in [0.15, 0.2) is 54.6 Å². The summed E-state index contributed by atoms with van der Waals surface area (Å²) >= 11 is 0. The van der Waals surface area contributed by atoms with Crippen LogP contribution in [0.4, 0.5) is 26.1 Å². The fraction of sp³-hybridized carbons (Fsp3) is 0.259. The monoisotopic (exact) mass is 487 g/mol. The molecule has 6 rings (SSSR count). The van der Waals surface area contributed by atoms with Gasteiger partial charge >= 0.3 is 0 Å². The van der Waals surface area contributed by atoms with Gasteiger partial charge in [-0.3, -0.25) is 10.2 Å². The minimum atomic E-state index is -0.575. The maximum atomic E-state index is 13.6. The number of nitrogens with one attached hydrogen (secondary N) is 3. The SMILES string of the molecule is CN1CCCN(c2ccc3c(Nc4n[nH]c5ccc(Cc6cc(F)cc(F)c6)cc45)n[nH]c3c2)CC1. The molecule has 1 aliphatic rings. The number of likely N-dealkylation sites (N-methyl/N-ethyl adjacent to an activating group) is 1. The Morgan fingerprint density at radius 3 is 2.39 bits per heavy atom. The van der Waals surface area contributed by atoms with Crippen LogP contribution in [0.3, 0.4) is 0 Å². The summed E-state index contributed by atoms with van der Waals surface area (Å²) in [5, 5.41) is 20.3. The fourth-order valence-electron chi connectivity index (χ4n) is 4.93. The van der Waals surface area contributed by atoms with Crippen molar-refractivity contribution >= 4 is 39.1 Å². The predicted octanol–water partition coefficient (Wildman–Crippen LogP) is 5.19. The molecule has 1 fully saturated rings. The molecule has 0 saturated carbocycles. The molecule has 7 nitrogen and oxygen atoms in total. The minimum Gasteiger partial charge on any atom is -0.370 e. The molecule has 1 saturated heterocycles. The number of hydrogen-bond acceptors (Lipinski definition) is 5. The van der Waals surface area contributed by atoms with Crippen LogP contribution in [-0.4, -0.2) is 58.5 Å². The van der Waals surface area contributed by atoms with Gasteiger partial charge in [0.1, 0.15) is 11.6 Å². The van der Waals surface area contributed by atoms with E-state index in [4.69, 9.17) is 0 Å². The molecule has 0 spiro atoms. The van der Waals surface area contributed by atoms with E-state index in [1.165, 1.54) is 17.8 Å². The maximum absolute atomic E-state index is 13.6. The highest BCUT2D eigenvalue weighted by Gasteiger charge is 2.16. The number of anilines is 3. The lowest BCUT2D eigenvalue weighted by Gasteiger charge is -2.22. The number of aromatic nitrogens is 4. The molecule has 184 valence electrons. The number of H-pyrrole nitrogens is 2. The second kappa shape index (κ2) is 9.23. The largest absolute Gasteiger partial charge is 0.370 e. The van der Waals surface area contributed by atoms with E-state index in [0.717, 1.165) is 66.0 Å². The molecule has 1 aliphatic heterocycles. The first-order valence-corrected chi connectivity index (χ1v) is 12.1. The van der Waals surface area contributed by atoms with Crippen LogP contribution < -0.4 is 10.2 Å². The Hall–Kier alpha value is -3.98. The lowest BCUT2D eigenvalue weighted by molar-refractivity contribution is 0.360. The molecule has 0 atom stereocenters. The molecule has 36 heavy (non-hydrogen) atoms. The van der Waals surface area contributed by atoms with Crippen LogP contribution in [0.5, 0.6) is 0 Å². The normalized spacial score (nSPS) is 15.0. The smallest absolute Gasteiger partial charge is 0.161 e. The van der Waals surface area contributed by atoms with Gasteiger partial charge in [0.15, 0.2) is 11.6 Å². The zero-order chi connectivity index (χ0) is 24.6. The summed E-state index contributed by atoms with van der Waals surface area (Å²) in [6, 6.07) is 15.8. The average Bonchev–Trinajstić information content (AvgIpc) is 3.36. The highest BCUT2D eigenvalue weighted by atomic mass is 19.1. The molecule has 5 aromatic rings. The van der Waals surface area contributed by atoms with Crippen molar-refractivity contribution in [2.75, 3.05) is 43.4 Å². The molecule has 3 aromatic carbocycles. The quantitative estimate of drug-likeness (QED) is 0.318. The van der Waals surface area contributed by atoms with Crippen molar-refractivity contribution in [1.29, 1.82) is 0 Å². The lowest BCUT2D eigenvalue weighted by Crippen LogP contribution is -2.28. The number of aromatic amines is 2. The summed E-state index contributed by atoms with van der Waals surface area (Å²) < 4.78 is 27.2. The summed E-state index contributed by atoms with van der Waals surface area (Å²) in [6.45, 7) is 4.22. The third-order valence-corrected chi connectivity index (χ3v) is 6.83. The summed E-state index contributed by atoms with van der Waals surface area (Å²) in [5.74, 6) is 0.186. The van der Waals surface area contributed by atoms with E-state index in [-0.39, 0.29) is 0 Å². The third kappa shape index (κ3) is 4.49. The zero-order valence-corrected chi connectivity index (χ0v) is 20.0. The third-order valence-electron chi connectivity index (χ3n) is 6.83. The van der Waals surface area contributed by atoms with E-state index in [2.05, 4.69) is 60.8 Å². The van der Waals surface area contributed by atoms with Gasteiger partial charge in [0.05, 0.1) is 11.0 Å². The Kier molecular flexibility index (Phi) is 5.77. The van der Waals surface area contributed by atoms with Crippen molar-refractivity contribution in [2.24, 2.45) is 0 Å². The Morgan fingerprint density at radius 1 is 0.778 bits per heavy atom. The van der Waals surface area contributed by atoms with Gasteiger partial charge in [0, 0.05) is 42.2 Å². The molecule has 0 amide bonds. The maximum Gasteiger partial charge on any atom is 0.161 e. The van der Waals surface area contributed by atoms with Crippen molar-refractivity contribution in [3.8, 4) is 0 Å². The first kappa shape index (κ1) is 22.5. The van der Waals surface area contributed by atoms with Crippen LogP contribution in [-0.2, 0) is 6.42 Å². The van der Waals surface area contributed by atoms with E-state index >= 15 is 0 Å². The molecule has 0 bridgehead atoms. The number of rotatable bonds is 5. The second-order valence-electron chi connectivity index (χ2n) is 9.48. The van der Waals surface area contributed by atoms with Gasteiger partial charge in [0.2, 0.25) is 0 Å². The van der Waals surface area contributed by atoms with E-state index in [0.29, 0.717) is 23.6 Å². The van der Waals surface area contributed by atoms with E-state index in [1.807, 2.05) is 18.2 Å². The highest BCUT2D eigenvalue weighted by Crippen LogP contribution is 2.31. The Balaban J connectivity index is 1.25. The number of nitrogens with zero attached hydrogens (tertiary/aromatic N) is 4. The molecule has 0 aliphatic carbocycles. The van der Waals surface area contributed by atoms with Crippen molar-refractivity contribution in [2.45, 2.75) is 12.8 Å². The first-order valence-electron chi connectivity index (χ1n) is 12.1. The van der Waals surface area contributed by atoms with Gasteiger partial charge in [-0.15, -0.1) is 0 Å². The minimum absolute atomic E-state index is 0.412. The molecule has 3 N–H and O–H groups in total. The van der Waals surface area contributed by atoms with Crippen molar-refractivity contribution < 1.29 is 8.78 Å². The number of hydrogen-bond donors (Lipinski definition) is 3. The van der Waals surface area contributed by atoms with Gasteiger partial charge < -0.3 is 15.1 Å². The Morgan fingerprint density at radius 2 is 1.56 bits per heavy atom. The van der Waals surface area contributed by atoms with Crippen molar-refractivity contribution in [1.82, 2.24) is 25.3 Å². The van der Waals surface area contributed by atoms with E-state index in [9.17, 15) is 8.78 Å². The fourth-order valence-corrected chi connectivity index (χ4v) is 4.93. The summed E-state index contributed by atoms with van der Waals surface area (Å²) in [4.78, 5) is 4.79. The number of fused-ring (bicyclic) bond motifs is 2. The molecular weight excluding hydrogens is 460 g/mol. The van der Waals surface area contributed by atoms with E-state index < -0.39 is 11.6 Å². The van der Waals surface area contributed by atoms with Crippen molar-refractivity contribution in [3.05, 3.63) is 77.4 Å². The predicted molar refractivity (Wildman–Crippen MR) is 139 cm³/mol. The van der Waals surface area contributed by atoms with Crippen molar-refractivity contribution in [3.63, 3.8) is 0 Å². The first-order chi connectivity index (χ1) is 17.5. The van der Waals surface area contributed by atoms with Gasteiger partial charge in [-0.1, -0.05) is 6.07 Å². The molecule has 3 heterocycles. The number of halogens is 2. The molecule has 9 heteroatoms. The Labute approximate surface area is 207 Å². The second-order valence-corrected chi connectivity index (χ2v) is 9.48. The van der Waals surface area contributed by atoms with Gasteiger partial charge in [-0.2, -0.15) is 10.2 Å². The molecule has 0 unspecified atom stereocenters. The van der Waals surface area contributed by atoms with E-state index in [1.54, 1.807) is 0 Å². The summed E-state index contributed by atoms with van der Waals surface area (Å²) in [7, 11) is 2.17. The topological polar surface area (TPSA) is 75.9 Å². The standard InChI is InChI=1S/C27H27F2N7/c1-35-7-2-8-36(10-9-35)21-4-5-22-25(16-21)32-33-26(22)30-27-23-14-17(3-6-24(23)31-34-27)11-18-12-19(28)15-20(29)13-18/h3-6,12-16H,2,7-11H2,1H3,(H3,30,31,32,33,34). The van der Waals surface area contributed by atoms with Gasteiger partial charge in [0.25, 0.3) is 0 Å². The molecule has 0 radical (unpaired) electrons. The summed E-state index contributed by atoms with van der Waals surface area (Å²) in [5.41, 5.74) is 4.52. The zero-order valence-electron chi connectivity index (χ0n) is 20.0. The summed E-state index contributed by atoms with van der Waals surface area (Å²) in [6.07, 6.45) is 1.56. The van der Waals surface area contributed by atoms with Crippen LogP contribution in [0.2, 0.25) is 0 Å². The number of benzene rings is 3. The van der Waals surface area contributed by atoms with Gasteiger partial charge in [-0.25, -0.2) is 8.78 Å². The van der Waals surface area contributed by atoms with Gasteiger partial charge in [-0.05, 0) is 80.0 Å². The van der Waals surface area contributed by atoms with Crippen LogP contribution in [0, 0.1) is 11.6 Å². The van der Waals surface area contributed by atoms with Crippen LogP contribution in [0.25, 0.3) is 21.8 Å². The lowest BCUT2D eigenvalue weighted by atomic mass is 10.0. The highest BCUT2D eigenvalue weighted by molar-refractivity contribution is 5.97. The van der Waals surface area contributed by atoms with Crippen LogP contribution in [0.1, 0.15) is 17.5 Å². The average molecular weight is 488 g/mol.